The van der Waals surface area contributed by atoms with Gasteiger partial charge in [0.1, 0.15) is 11.6 Å². The Labute approximate surface area is 133 Å². The highest BCUT2D eigenvalue weighted by molar-refractivity contribution is 5.91. The van der Waals surface area contributed by atoms with Crippen LogP contribution in [0.1, 0.15) is 23.8 Å². The molecule has 3 aromatic rings. The zero-order valence-electron chi connectivity index (χ0n) is 12.7. The lowest BCUT2D eigenvalue weighted by Gasteiger charge is -2.17. The van der Waals surface area contributed by atoms with Gasteiger partial charge in [-0.1, -0.05) is 0 Å². The molecule has 1 aromatic carbocycles. The predicted molar refractivity (Wildman–Crippen MR) is 85.7 cm³/mol. The molecular formula is C18H17FN2O2. The first kappa shape index (κ1) is 15.1. The average Bonchev–Trinajstić information content (AvgIpc) is 3.21. The van der Waals surface area contributed by atoms with E-state index in [0.717, 1.165) is 0 Å². The number of aryl methyl sites for hydroxylation is 1. The number of anilines is 1. The molecule has 23 heavy (non-hydrogen) atoms. The number of aromatic nitrogens is 1. The van der Waals surface area contributed by atoms with Crippen molar-refractivity contribution in [2.75, 3.05) is 5.32 Å². The van der Waals surface area contributed by atoms with Gasteiger partial charge in [0.25, 0.3) is 0 Å². The second-order valence-electron chi connectivity index (χ2n) is 5.37. The van der Waals surface area contributed by atoms with Crippen LogP contribution in [0.15, 0.2) is 65.5 Å². The van der Waals surface area contributed by atoms with E-state index in [2.05, 4.69) is 5.32 Å². The van der Waals surface area contributed by atoms with Crippen LogP contribution in [0.25, 0.3) is 0 Å². The summed E-state index contributed by atoms with van der Waals surface area (Å²) in [5, 5.41) is 2.83. The number of nitrogens with zero attached hydrogens (tertiary/aromatic N) is 1. The molecule has 0 bridgehead atoms. The monoisotopic (exact) mass is 312 g/mol. The fraction of sp³-hybridized carbons (Fsp3) is 0.167. The van der Waals surface area contributed by atoms with Gasteiger partial charge in [0, 0.05) is 18.1 Å². The number of amides is 1. The molecule has 0 radical (unpaired) electrons. The Morgan fingerprint density at radius 2 is 2.04 bits per heavy atom. The summed E-state index contributed by atoms with van der Waals surface area (Å²) in [6.45, 7) is 1.76. The molecule has 4 nitrogen and oxygen atoms in total. The van der Waals surface area contributed by atoms with E-state index < -0.39 is 0 Å². The van der Waals surface area contributed by atoms with Crippen LogP contribution in [0.2, 0.25) is 0 Å². The molecule has 0 aliphatic heterocycles. The number of nitrogens with one attached hydrogen (secondary N) is 1. The predicted octanol–water partition coefficient (Wildman–Crippen LogP) is 4.15. The first-order chi connectivity index (χ1) is 11.1. The van der Waals surface area contributed by atoms with Gasteiger partial charge in [-0.3, -0.25) is 4.79 Å². The van der Waals surface area contributed by atoms with Crippen molar-refractivity contribution in [2.24, 2.45) is 0 Å². The first-order valence-electron chi connectivity index (χ1n) is 7.35. The number of carbonyl (C=O) groups excluding carboxylic acids is 1. The number of hydrogen-bond acceptors (Lipinski definition) is 2. The SMILES string of the molecule is Cc1cc(F)ccc1NC(=O)C[C@H](c1ccco1)n1cccc1. The van der Waals surface area contributed by atoms with Gasteiger partial charge in [0.05, 0.1) is 18.7 Å². The van der Waals surface area contributed by atoms with Crippen molar-refractivity contribution in [1.82, 2.24) is 4.57 Å². The Morgan fingerprint density at radius 1 is 1.26 bits per heavy atom. The molecule has 0 aliphatic carbocycles. The summed E-state index contributed by atoms with van der Waals surface area (Å²) >= 11 is 0. The van der Waals surface area contributed by atoms with Gasteiger partial charge in [-0.25, -0.2) is 4.39 Å². The fourth-order valence-electron chi connectivity index (χ4n) is 2.53. The van der Waals surface area contributed by atoms with Crippen molar-refractivity contribution < 1.29 is 13.6 Å². The third-order valence-electron chi connectivity index (χ3n) is 3.70. The van der Waals surface area contributed by atoms with E-state index in [4.69, 9.17) is 4.42 Å². The maximum atomic E-state index is 13.1. The Morgan fingerprint density at radius 3 is 2.70 bits per heavy atom. The van der Waals surface area contributed by atoms with Crippen LogP contribution in [0.3, 0.4) is 0 Å². The number of carbonyl (C=O) groups is 1. The molecule has 2 aromatic heterocycles. The highest BCUT2D eigenvalue weighted by atomic mass is 19.1. The van der Waals surface area contributed by atoms with Crippen LogP contribution in [0.5, 0.6) is 0 Å². The van der Waals surface area contributed by atoms with E-state index >= 15 is 0 Å². The summed E-state index contributed by atoms with van der Waals surface area (Å²) in [7, 11) is 0. The quantitative estimate of drug-likeness (QED) is 0.769. The molecule has 0 saturated heterocycles. The molecule has 1 amide bonds. The minimum atomic E-state index is -0.318. The Kier molecular flexibility index (Phi) is 4.28. The summed E-state index contributed by atoms with van der Waals surface area (Å²) < 4.78 is 20.5. The number of benzene rings is 1. The molecule has 118 valence electrons. The van der Waals surface area contributed by atoms with Crippen molar-refractivity contribution in [2.45, 2.75) is 19.4 Å². The van der Waals surface area contributed by atoms with Gasteiger partial charge in [-0.05, 0) is 55.0 Å². The number of halogens is 1. The average molecular weight is 312 g/mol. The molecule has 1 N–H and O–H groups in total. The van der Waals surface area contributed by atoms with E-state index in [1.165, 1.54) is 12.1 Å². The standard InChI is InChI=1S/C18H17FN2O2/c1-13-11-14(19)6-7-15(13)20-18(22)12-16(17-5-4-10-23-17)21-8-2-3-9-21/h2-11,16H,12H2,1H3,(H,20,22)/t16-/m1/s1. The number of hydrogen-bond donors (Lipinski definition) is 1. The van der Waals surface area contributed by atoms with Crippen LogP contribution in [0, 0.1) is 12.7 Å². The highest BCUT2D eigenvalue weighted by Crippen LogP contribution is 2.24. The molecule has 0 aliphatic rings. The van der Waals surface area contributed by atoms with Gasteiger partial charge in [0.15, 0.2) is 0 Å². The normalized spacial score (nSPS) is 12.1. The molecule has 3 rings (SSSR count). The summed E-state index contributed by atoms with van der Waals surface area (Å²) in [4.78, 5) is 12.4. The second-order valence-corrected chi connectivity index (χ2v) is 5.37. The van der Waals surface area contributed by atoms with Crippen LogP contribution >= 0.6 is 0 Å². The van der Waals surface area contributed by atoms with Crippen LogP contribution in [-0.2, 0) is 4.79 Å². The fourth-order valence-corrected chi connectivity index (χ4v) is 2.53. The third kappa shape index (κ3) is 3.51. The maximum Gasteiger partial charge on any atom is 0.226 e. The summed E-state index contributed by atoms with van der Waals surface area (Å²) in [6, 6.07) is 11.5. The highest BCUT2D eigenvalue weighted by Gasteiger charge is 2.20. The number of furan rings is 1. The molecule has 1 atom stereocenters. The van der Waals surface area contributed by atoms with Gasteiger partial charge < -0.3 is 14.3 Å². The van der Waals surface area contributed by atoms with E-state index in [1.54, 1.807) is 25.3 Å². The Balaban J connectivity index is 1.76. The van der Waals surface area contributed by atoms with Gasteiger partial charge in [-0.15, -0.1) is 0 Å². The van der Waals surface area contributed by atoms with E-state index in [1.807, 2.05) is 35.2 Å². The van der Waals surface area contributed by atoms with Crippen molar-refractivity contribution in [3.63, 3.8) is 0 Å². The van der Waals surface area contributed by atoms with Gasteiger partial charge >= 0.3 is 0 Å². The molecule has 0 fully saturated rings. The van der Waals surface area contributed by atoms with Crippen LogP contribution < -0.4 is 5.32 Å². The first-order valence-corrected chi connectivity index (χ1v) is 7.35. The van der Waals surface area contributed by atoms with Gasteiger partial charge in [0.2, 0.25) is 5.91 Å². The zero-order valence-corrected chi connectivity index (χ0v) is 12.7. The van der Waals surface area contributed by atoms with Crippen molar-refractivity contribution in [3.8, 4) is 0 Å². The second kappa shape index (κ2) is 6.52. The third-order valence-corrected chi connectivity index (χ3v) is 3.70. The molecule has 0 saturated carbocycles. The zero-order chi connectivity index (χ0) is 16.2. The van der Waals surface area contributed by atoms with E-state index in [-0.39, 0.29) is 24.2 Å². The minimum Gasteiger partial charge on any atom is -0.467 e. The van der Waals surface area contributed by atoms with Gasteiger partial charge in [-0.2, -0.15) is 0 Å². The van der Waals surface area contributed by atoms with E-state index in [9.17, 15) is 9.18 Å². The topological polar surface area (TPSA) is 47.2 Å². The molecule has 5 heteroatoms. The lowest BCUT2D eigenvalue weighted by atomic mass is 10.1. The summed E-state index contributed by atoms with van der Waals surface area (Å²) in [5.41, 5.74) is 1.30. The summed E-state index contributed by atoms with van der Waals surface area (Å²) in [5.74, 6) is 0.239. The molecular weight excluding hydrogens is 295 g/mol. The largest absolute Gasteiger partial charge is 0.467 e. The van der Waals surface area contributed by atoms with E-state index in [0.29, 0.717) is 17.0 Å². The molecule has 2 heterocycles. The minimum absolute atomic E-state index is 0.158. The Bertz CT molecular complexity index is 745. The lowest BCUT2D eigenvalue weighted by molar-refractivity contribution is -0.116. The summed E-state index contributed by atoms with van der Waals surface area (Å²) in [6.07, 6.45) is 5.60. The molecule has 0 spiro atoms. The Hall–Kier alpha value is -2.82. The smallest absolute Gasteiger partial charge is 0.226 e. The maximum absolute atomic E-state index is 13.1. The van der Waals surface area contributed by atoms with Crippen molar-refractivity contribution in [1.29, 1.82) is 0 Å². The number of rotatable bonds is 5. The van der Waals surface area contributed by atoms with Crippen molar-refractivity contribution >= 4 is 11.6 Å². The van der Waals surface area contributed by atoms with Crippen molar-refractivity contribution in [3.05, 3.63) is 78.3 Å². The molecule has 0 unspecified atom stereocenters. The van der Waals surface area contributed by atoms with Crippen LogP contribution in [0.4, 0.5) is 10.1 Å². The lowest BCUT2D eigenvalue weighted by Crippen LogP contribution is -2.19. The van der Waals surface area contributed by atoms with Crippen LogP contribution in [-0.4, -0.2) is 10.5 Å².